The molecule has 0 saturated carbocycles. The van der Waals surface area contributed by atoms with Crippen LogP contribution < -0.4 is 5.32 Å². The molecule has 26 heavy (non-hydrogen) atoms. The predicted octanol–water partition coefficient (Wildman–Crippen LogP) is 4.23. The molecule has 0 unspecified atom stereocenters. The highest BCUT2D eigenvalue weighted by Crippen LogP contribution is 2.25. The van der Waals surface area contributed by atoms with Crippen LogP contribution in [-0.2, 0) is 24.2 Å². The zero-order chi connectivity index (χ0) is 18.6. The van der Waals surface area contributed by atoms with Crippen LogP contribution in [0.15, 0.2) is 48.5 Å². The Labute approximate surface area is 161 Å². The number of carbonyl (C=O) groups is 1. The van der Waals surface area contributed by atoms with E-state index >= 15 is 0 Å². The minimum absolute atomic E-state index is 0.0758. The van der Waals surface area contributed by atoms with Gasteiger partial charge < -0.3 is 5.32 Å². The van der Waals surface area contributed by atoms with Crippen LogP contribution in [-0.4, -0.2) is 29.4 Å². The molecule has 1 heterocycles. The molecule has 1 amide bonds. The van der Waals surface area contributed by atoms with Gasteiger partial charge in [-0.3, -0.25) is 9.69 Å². The Morgan fingerprint density at radius 3 is 2.58 bits per heavy atom. The Bertz CT molecular complexity index is 772. The Kier molecular flexibility index (Phi) is 6.00. The van der Waals surface area contributed by atoms with Gasteiger partial charge in [0.25, 0.3) is 0 Å². The van der Waals surface area contributed by atoms with Crippen molar-refractivity contribution in [3.05, 3.63) is 70.2 Å². The second kappa shape index (κ2) is 8.24. The number of hydrogen-bond donors (Lipinski definition) is 1. The number of carbonyl (C=O) groups excluding carboxylic acids is 1. The lowest BCUT2D eigenvalue weighted by molar-refractivity contribution is -0.121. The van der Waals surface area contributed by atoms with Crippen molar-refractivity contribution in [3.8, 4) is 0 Å². The summed E-state index contributed by atoms with van der Waals surface area (Å²) in [6.45, 7) is 7.03. The van der Waals surface area contributed by atoms with E-state index < -0.39 is 0 Å². The third kappa shape index (κ3) is 4.66. The molecule has 138 valence electrons. The summed E-state index contributed by atoms with van der Waals surface area (Å²) in [7, 11) is 0. The number of nitrogens with one attached hydrogen (secondary N) is 1. The maximum Gasteiger partial charge on any atom is 0.220 e. The average Bonchev–Trinajstić information content (AvgIpc) is 2.65. The highest BCUT2D eigenvalue weighted by molar-refractivity contribution is 6.31. The first-order valence-electron chi connectivity index (χ1n) is 9.28. The van der Waals surface area contributed by atoms with Crippen molar-refractivity contribution >= 4 is 17.5 Å². The van der Waals surface area contributed by atoms with Crippen LogP contribution in [0.4, 0.5) is 0 Å². The number of benzene rings is 2. The summed E-state index contributed by atoms with van der Waals surface area (Å²) in [6.07, 6.45) is 2.20. The monoisotopic (exact) mass is 370 g/mol. The van der Waals surface area contributed by atoms with E-state index in [1.807, 2.05) is 24.3 Å². The fourth-order valence-electron chi connectivity index (χ4n) is 3.48. The lowest BCUT2D eigenvalue weighted by atomic mass is 9.94. The van der Waals surface area contributed by atoms with Crippen LogP contribution in [0.1, 0.15) is 37.0 Å². The predicted molar refractivity (Wildman–Crippen MR) is 107 cm³/mol. The van der Waals surface area contributed by atoms with Gasteiger partial charge in [0.1, 0.15) is 0 Å². The molecule has 0 radical (unpaired) electrons. The molecule has 2 aromatic rings. The van der Waals surface area contributed by atoms with Crippen molar-refractivity contribution < 1.29 is 4.79 Å². The van der Waals surface area contributed by atoms with Crippen molar-refractivity contribution in [1.82, 2.24) is 10.2 Å². The smallest absolute Gasteiger partial charge is 0.220 e. The fourth-order valence-corrected chi connectivity index (χ4v) is 3.71. The summed E-state index contributed by atoms with van der Waals surface area (Å²) < 4.78 is 0. The first kappa shape index (κ1) is 18.9. The number of halogens is 1. The lowest BCUT2D eigenvalue weighted by Crippen LogP contribution is -2.53. The number of rotatable bonds is 6. The molecule has 0 atom stereocenters. The fraction of sp³-hybridized carbons (Fsp3) is 0.409. The van der Waals surface area contributed by atoms with Crippen LogP contribution in [0, 0.1) is 0 Å². The first-order chi connectivity index (χ1) is 12.5. The van der Waals surface area contributed by atoms with Gasteiger partial charge in [-0.15, -0.1) is 0 Å². The van der Waals surface area contributed by atoms with Crippen LogP contribution >= 0.6 is 11.6 Å². The normalized spacial score (nSPS) is 14.7. The quantitative estimate of drug-likeness (QED) is 0.825. The lowest BCUT2D eigenvalue weighted by Gasteiger charge is -2.41. The molecule has 1 N–H and O–H groups in total. The Morgan fingerprint density at radius 2 is 1.81 bits per heavy atom. The number of nitrogens with zero attached hydrogens (tertiary/aromatic N) is 1. The molecule has 0 saturated heterocycles. The van der Waals surface area contributed by atoms with Crippen LogP contribution in [0.5, 0.6) is 0 Å². The summed E-state index contributed by atoms with van der Waals surface area (Å²) in [4.78, 5) is 14.7. The van der Waals surface area contributed by atoms with Gasteiger partial charge in [0.2, 0.25) is 5.91 Å². The third-order valence-electron chi connectivity index (χ3n) is 5.28. The van der Waals surface area contributed by atoms with E-state index in [4.69, 9.17) is 11.6 Å². The summed E-state index contributed by atoms with van der Waals surface area (Å²) in [5.41, 5.74) is 3.80. The first-order valence-corrected chi connectivity index (χ1v) is 9.65. The van der Waals surface area contributed by atoms with Crippen molar-refractivity contribution in [1.29, 1.82) is 0 Å². The average molecular weight is 371 g/mol. The molecule has 0 bridgehead atoms. The summed E-state index contributed by atoms with van der Waals surface area (Å²) in [5, 5.41) is 3.84. The molecule has 2 aromatic carbocycles. The minimum atomic E-state index is -0.0758. The highest BCUT2D eigenvalue weighted by Gasteiger charge is 2.29. The zero-order valence-corrected chi connectivity index (χ0v) is 16.4. The van der Waals surface area contributed by atoms with Gasteiger partial charge in [0, 0.05) is 36.6 Å². The second-order valence-corrected chi connectivity index (χ2v) is 8.03. The van der Waals surface area contributed by atoms with Gasteiger partial charge in [0.05, 0.1) is 0 Å². The largest absolute Gasteiger partial charge is 0.354 e. The van der Waals surface area contributed by atoms with Crippen LogP contribution in [0.2, 0.25) is 5.02 Å². The summed E-state index contributed by atoms with van der Waals surface area (Å²) in [5.74, 6) is 0.0791. The van der Waals surface area contributed by atoms with Gasteiger partial charge in [0.15, 0.2) is 0 Å². The van der Waals surface area contributed by atoms with Crippen molar-refractivity contribution in [3.63, 3.8) is 0 Å². The van der Waals surface area contributed by atoms with Gasteiger partial charge in [-0.25, -0.2) is 0 Å². The highest BCUT2D eigenvalue weighted by atomic mass is 35.5. The van der Waals surface area contributed by atoms with E-state index in [1.54, 1.807) is 0 Å². The summed E-state index contributed by atoms with van der Waals surface area (Å²) in [6, 6.07) is 16.3. The standard InChI is InChI=1S/C22H27ClN2O/c1-22(2,25-14-13-17-7-3-4-9-19(17)15-25)16-24-21(26)12-11-18-8-5-6-10-20(18)23/h3-10H,11-16H2,1-2H3,(H,24,26). The molecule has 0 aromatic heterocycles. The maximum atomic E-state index is 12.3. The van der Waals surface area contributed by atoms with Gasteiger partial charge in [-0.2, -0.15) is 0 Å². The van der Waals surface area contributed by atoms with Crippen molar-refractivity contribution in [2.24, 2.45) is 0 Å². The van der Waals surface area contributed by atoms with E-state index in [0.29, 0.717) is 19.4 Å². The molecule has 3 nitrogen and oxygen atoms in total. The minimum Gasteiger partial charge on any atom is -0.354 e. The van der Waals surface area contributed by atoms with E-state index in [2.05, 4.69) is 48.3 Å². The molecule has 0 aliphatic carbocycles. The van der Waals surface area contributed by atoms with E-state index in [9.17, 15) is 4.79 Å². The molecule has 1 aliphatic rings. The van der Waals surface area contributed by atoms with Crippen molar-refractivity contribution in [2.75, 3.05) is 13.1 Å². The topological polar surface area (TPSA) is 32.3 Å². The van der Waals surface area contributed by atoms with Crippen LogP contribution in [0.3, 0.4) is 0 Å². The molecule has 1 aliphatic heterocycles. The number of fused-ring (bicyclic) bond motifs is 1. The maximum absolute atomic E-state index is 12.3. The third-order valence-corrected chi connectivity index (χ3v) is 5.65. The molecular weight excluding hydrogens is 344 g/mol. The van der Waals surface area contributed by atoms with E-state index in [1.165, 1.54) is 11.1 Å². The Hall–Kier alpha value is -1.84. The molecule has 4 heteroatoms. The second-order valence-electron chi connectivity index (χ2n) is 7.62. The Morgan fingerprint density at radius 1 is 1.12 bits per heavy atom. The molecular formula is C22H27ClN2O. The molecule has 0 fully saturated rings. The van der Waals surface area contributed by atoms with Gasteiger partial charge in [-0.05, 0) is 49.4 Å². The summed E-state index contributed by atoms with van der Waals surface area (Å²) >= 11 is 6.16. The molecule has 0 spiro atoms. The number of amides is 1. The zero-order valence-electron chi connectivity index (χ0n) is 15.6. The Balaban J connectivity index is 1.50. The number of aryl methyl sites for hydroxylation is 1. The SMILES string of the molecule is CC(C)(CNC(=O)CCc1ccccc1Cl)N1CCc2ccccc2C1. The van der Waals surface area contributed by atoms with Crippen molar-refractivity contribution in [2.45, 2.75) is 45.2 Å². The number of hydrogen-bond acceptors (Lipinski definition) is 2. The molecule has 3 rings (SSSR count). The van der Waals surface area contributed by atoms with Crippen LogP contribution in [0.25, 0.3) is 0 Å². The van der Waals surface area contributed by atoms with Gasteiger partial charge >= 0.3 is 0 Å². The van der Waals surface area contributed by atoms with Gasteiger partial charge in [-0.1, -0.05) is 54.1 Å². The van der Waals surface area contributed by atoms with E-state index in [-0.39, 0.29) is 11.4 Å². The van der Waals surface area contributed by atoms with E-state index in [0.717, 1.165) is 30.1 Å².